The Morgan fingerprint density at radius 1 is 0.946 bits per heavy atom. The topological polar surface area (TPSA) is 91.8 Å². The van der Waals surface area contributed by atoms with Crippen LogP contribution in [0.15, 0.2) is 76.9 Å². The molecule has 1 aliphatic heterocycles. The Kier molecular flexibility index (Phi) is 5.35. The van der Waals surface area contributed by atoms with Gasteiger partial charge in [0.05, 0.1) is 17.5 Å². The van der Waals surface area contributed by atoms with Crippen LogP contribution in [-0.4, -0.2) is 28.5 Å². The van der Waals surface area contributed by atoms with Crippen LogP contribution < -0.4 is 4.90 Å². The lowest BCUT2D eigenvalue weighted by atomic mass is 9.59. The van der Waals surface area contributed by atoms with Gasteiger partial charge in [-0.05, 0) is 74.1 Å². The number of Topliss-reactive ketones (excluding diaryl/α,β-unsaturated/α-hetero) is 1. The number of ketones is 2. The van der Waals surface area contributed by atoms with Crippen LogP contribution in [0.3, 0.4) is 0 Å². The lowest BCUT2D eigenvalue weighted by Gasteiger charge is -2.42. The van der Waals surface area contributed by atoms with E-state index in [0.717, 1.165) is 16.7 Å². The van der Waals surface area contributed by atoms with E-state index in [4.69, 9.17) is 11.6 Å². The summed E-state index contributed by atoms with van der Waals surface area (Å²) in [6, 6.07) is 11.7. The van der Waals surface area contributed by atoms with Crippen molar-refractivity contribution < 1.29 is 24.3 Å². The first-order valence-electron chi connectivity index (χ1n) is 12.3. The van der Waals surface area contributed by atoms with Crippen molar-refractivity contribution in [2.75, 3.05) is 4.90 Å². The average molecular weight is 514 g/mol. The third kappa shape index (κ3) is 3.46. The molecule has 2 aromatic rings. The molecule has 0 aromatic heterocycles. The number of amides is 2. The summed E-state index contributed by atoms with van der Waals surface area (Å²) in [6.45, 7) is 3.48. The number of halogens is 1. The van der Waals surface area contributed by atoms with Crippen LogP contribution in [0.4, 0.5) is 5.69 Å². The molecule has 0 unspecified atom stereocenters. The van der Waals surface area contributed by atoms with Gasteiger partial charge >= 0.3 is 0 Å². The van der Waals surface area contributed by atoms with Crippen LogP contribution in [0.25, 0.3) is 0 Å². The van der Waals surface area contributed by atoms with E-state index in [1.165, 1.54) is 11.0 Å². The Bertz CT molecular complexity index is 1510. The average Bonchev–Trinajstić information content (AvgIpc) is 3.13. The Morgan fingerprint density at radius 3 is 2.38 bits per heavy atom. The highest BCUT2D eigenvalue weighted by Gasteiger charge is 2.56. The number of aryl methyl sites for hydroxylation is 1. The van der Waals surface area contributed by atoms with Gasteiger partial charge in [0.1, 0.15) is 5.75 Å². The highest BCUT2D eigenvalue weighted by atomic mass is 35.5. The number of aromatic hydroxyl groups is 1. The van der Waals surface area contributed by atoms with E-state index >= 15 is 0 Å². The molecule has 0 radical (unpaired) electrons. The molecule has 3 aliphatic carbocycles. The minimum Gasteiger partial charge on any atom is -0.508 e. The third-order valence-corrected chi connectivity index (χ3v) is 8.61. The molecule has 4 atom stereocenters. The van der Waals surface area contributed by atoms with Crippen molar-refractivity contribution in [2.24, 2.45) is 17.8 Å². The molecular formula is C30H24ClNO5. The van der Waals surface area contributed by atoms with E-state index in [1.807, 2.05) is 13.0 Å². The lowest BCUT2D eigenvalue weighted by molar-refractivity contribution is -0.123. The van der Waals surface area contributed by atoms with E-state index in [0.29, 0.717) is 33.9 Å². The van der Waals surface area contributed by atoms with Crippen LogP contribution in [0, 0.1) is 24.7 Å². The minimum absolute atomic E-state index is 0.0914. The quantitative estimate of drug-likeness (QED) is 0.347. The first kappa shape index (κ1) is 23.6. The summed E-state index contributed by atoms with van der Waals surface area (Å²) in [4.78, 5) is 55.2. The number of allylic oxidation sites excluding steroid dienone is 6. The van der Waals surface area contributed by atoms with Gasteiger partial charge in [0, 0.05) is 27.7 Å². The summed E-state index contributed by atoms with van der Waals surface area (Å²) in [5, 5.41) is 10.3. The van der Waals surface area contributed by atoms with E-state index in [-0.39, 0.29) is 35.6 Å². The number of nitrogens with zero attached hydrogens (tertiary/aromatic N) is 1. The number of imide groups is 1. The van der Waals surface area contributed by atoms with E-state index in [2.05, 4.69) is 0 Å². The molecule has 0 bridgehead atoms. The highest BCUT2D eigenvalue weighted by molar-refractivity contribution is 6.32. The number of phenolic OH excluding ortho intramolecular Hbond substituents is 1. The molecule has 1 heterocycles. The predicted molar refractivity (Wildman–Crippen MR) is 138 cm³/mol. The normalized spacial score (nSPS) is 27.1. The number of hydrogen-bond donors (Lipinski definition) is 1. The van der Waals surface area contributed by atoms with Crippen LogP contribution in [0.1, 0.15) is 36.8 Å². The van der Waals surface area contributed by atoms with Gasteiger partial charge in [0.15, 0.2) is 11.6 Å². The lowest BCUT2D eigenvalue weighted by Crippen LogP contribution is -2.39. The number of carbonyl (C=O) groups is 4. The second-order valence-corrected chi connectivity index (χ2v) is 10.7. The van der Waals surface area contributed by atoms with Crippen molar-refractivity contribution in [1.82, 2.24) is 0 Å². The number of anilines is 1. The van der Waals surface area contributed by atoms with Crippen LogP contribution in [-0.2, 0) is 19.2 Å². The fourth-order valence-corrected chi connectivity index (χ4v) is 6.58. The number of rotatable bonds is 2. The standard InChI is InChI=1S/C30H24ClNO5/c1-14-3-6-17(12-23(14)31)32-29(36)20-10-9-19-21(26(20)30(32)37)13-22-27(24(34)11-15(2)28(22)35)25(19)16-4-7-18(33)8-5-16/h3-9,11-12,20-21,25-26,33H,10,13H2,1-2H3/t20-,21+,25-,26-/m0/s1. The van der Waals surface area contributed by atoms with E-state index in [9.17, 15) is 24.3 Å². The summed E-state index contributed by atoms with van der Waals surface area (Å²) in [7, 11) is 0. The maximum absolute atomic E-state index is 13.9. The minimum atomic E-state index is -0.643. The van der Waals surface area contributed by atoms with Crippen molar-refractivity contribution in [2.45, 2.75) is 32.6 Å². The summed E-state index contributed by atoms with van der Waals surface area (Å²) in [5.74, 6) is -3.01. The number of phenols is 1. The summed E-state index contributed by atoms with van der Waals surface area (Å²) < 4.78 is 0. The molecule has 1 N–H and O–H groups in total. The summed E-state index contributed by atoms with van der Waals surface area (Å²) in [5.41, 5.74) is 4.15. The predicted octanol–water partition coefficient (Wildman–Crippen LogP) is 4.99. The van der Waals surface area contributed by atoms with Gasteiger partial charge in [-0.3, -0.25) is 19.2 Å². The first-order valence-corrected chi connectivity index (χ1v) is 12.7. The molecule has 0 spiro atoms. The molecule has 1 fully saturated rings. The number of fused-ring (bicyclic) bond motifs is 3. The Morgan fingerprint density at radius 2 is 1.68 bits per heavy atom. The van der Waals surface area contributed by atoms with Gasteiger partial charge < -0.3 is 5.11 Å². The van der Waals surface area contributed by atoms with Gasteiger partial charge in [0.25, 0.3) is 0 Å². The highest BCUT2D eigenvalue weighted by Crippen LogP contribution is 2.55. The zero-order valence-electron chi connectivity index (χ0n) is 20.3. The van der Waals surface area contributed by atoms with Crippen LogP contribution >= 0.6 is 11.6 Å². The van der Waals surface area contributed by atoms with Crippen molar-refractivity contribution >= 4 is 40.7 Å². The smallest absolute Gasteiger partial charge is 0.238 e. The van der Waals surface area contributed by atoms with Crippen molar-refractivity contribution in [3.63, 3.8) is 0 Å². The fraction of sp³-hybridized carbons (Fsp3) is 0.267. The molecule has 7 heteroatoms. The second kappa shape index (κ2) is 8.38. The van der Waals surface area contributed by atoms with Gasteiger partial charge in [-0.2, -0.15) is 0 Å². The van der Waals surface area contributed by atoms with Gasteiger partial charge in [-0.1, -0.05) is 41.4 Å². The Labute approximate surface area is 218 Å². The monoisotopic (exact) mass is 513 g/mol. The molecule has 4 aliphatic rings. The number of benzene rings is 2. The molecule has 186 valence electrons. The fourth-order valence-electron chi connectivity index (χ4n) is 6.40. The Hall–Kier alpha value is -3.77. The SMILES string of the molecule is CC1=CC(=O)C2=C(C[C@@H]3C(=CC[C@@H]4C(=O)N(c5ccc(C)c(Cl)c5)C(=O)[C@@H]43)[C@@H]2c2ccc(O)cc2)C1=O. The van der Waals surface area contributed by atoms with Crippen LogP contribution in [0.5, 0.6) is 5.75 Å². The third-order valence-electron chi connectivity index (χ3n) is 8.20. The van der Waals surface area contributed by atoms with Crippen molar-refractivity contribution in [3.05, 3.63) is 93.1 Å². The molecular weight excluding hydrogens is 490 g/mol. The van der Waals surface area contributed by atoms with Gasteiger partial charge in [0.2, 0.25) is 11.8 Å². The Balaban J connectivity index is 1.47. The molecule has 0 saturated carbocycles. The second-order valence-electron chi connectivity index (χ2n) is 10.3. The molecule has 1 saturated heterocycles. The van der Waals surface area contributed by atoms with Gasteiger partial charge in [-0.15, -0.1) is 0 Å². The van der Waals surface area contributed by atoms with E-state index < -0.39 is 23.7 Å². The van der Waals surface area contributed by atoms with E-state index in [1.54, 1.807) is 49.4 Å². The number of hydrogen-bond acceptors (Lipinski definition) is 5. The zero-order chi connectivity index (χ0) is 26.2. The first-order chi connectivity index (χ1) is 17.7. The summed E-state index contributed by atoms with van der Waals surface area (Å²) in [6.07, 6.45) is 3.96. The molecule has 6 nitrogen and oxygen atoms in total. The molecule has 37 heavy (non-hydrogen) atoms. The summed E-state index contributed by atoms with van der Waals surface area (Å²) >= 11 is 6.31. The molecule has 2 amide bonds. The largest absolute Gasteiger partial charge is 0.508 e. The van der Waals surface area contributed by atoms with Gasteiger partial charge in [-0.25, -0.2) is 4.90 Å². The van der Waals surface area contributed by atoms with Crippen molar-refractivity contribution in [1.29, 1.82) is 0 Å². The maximum Gasteiger partial charge on any atom is 0.238 e. The molecule has 2 aromatic carbocycles. The number of carbonyl (C=O) groups excluding carboxylic acids is 4. The van der Waals surface area contributed by atoms with Crippen LogP contribution in [0.2, 0.25) is 5.02 Å². The molecule has 6 rings (SSSR count). The maximum atomic E-state index is 13.9. The van der Waals surface area contributed by atoms with Crippen molar-refractivity contribution in [3.8, 4) is 5.75 Å². The zero-order valence-corrected chi connectivity index (χ0v) is 21.1.